The van der Waals surface area contributed by atoms with E-state index >= 15 is 0 Å². The summed E-state index contributed by atoms with van der Waals surface area (Å²) < 4.78 is 0. The molecule has 1 aliphatic rings. The molecule has 17 heavy (non-hydrogen) atoms. The molecule has 0 heteroatoms. The number of hydrogen-bond acceptors (Lipinski definition) is 0. The van der Waals surface area contributed by atoms with E-state index in [1.54, 1.807) is 5.57 Å². The van der Waals surface area contributed by atoms with Gasteiger partial charge < -0.3 is 0 Å². The molecule has 0 heterocycles. The molecule has 3 unspecified atom stereocenters. The molecule has 0 aliphatic heterocycles. The maximum absolute atomic E-state index is 3.73. The van der Waals surface area contributed by atoms with Crippen LogP contribution in [0.1, 0.15) is 52.9 Å². The van der Waals surface area contributed by atoms with Crippen molar-refractivity contribution >= 4 is 0 Å². The lowest BCUT2D eigenvalue weighted by Gasteiger charge is -2.21. The van der Waals surface area contributed by atoms with Gasteiger partial charge in [0.1, 0.15) is 0 Å². The highest BCUT2D eigenvalue weighted by Crippen LogP contribution is 2.38. The zero-order chi connectivity index (χ0) is 12.7. The molecule has 0 nitrogen and oxygen atoms in total. The first kappa shape index (κ1) is 14.3. The Kier molecular flexibility index (Phi) is 6.32. The van der Waals surface area contributed by atoms with Crippen molar-refractivity contribution in [1.82, 2.24) is 0 Å². The molecule has 1 aliphatic carbocycles. The molecule has 0 aromatic rings. The van der Waals surface area contributed by atoms with Crippen molar-refractivity contribution in [3.8, 4) is 0 Å². The van der Waals surface area contributed by atoms with Crippen molar-refractivity contribution < 1.29 is 0 Å². The Balaban J connectivity index is 2.38. The molecular formula is C17H28. The highest BCUT2D eigenvalue weighted by atomic mass is 14.3. The van der Waals surface area contributed by atoms with Crippen molar-refractivity contribution in [2.45, 2.75) is 52.9 Å². The average Bonchev–Trinajstić information content (AvgIpc) is 2.66. The van der Waals surface area contributed by atoms with Crippen molar-refractivity contribution in [1.29, 1.82) is 0 Å². The first-order valence-corrected chi connectivity index (χ1v) is 7.17. The summed E-state index contributed by atoms with van der Waals surface area (Å²) in [6.45, 7) is 10.7. The third-order valence-corrected chi connectivity index (χ3v) is 4.04. The lowest BCUT2D eigenvalue weighted by Crippen LogP contribution is -2.11. The monoisotopic (exact) mass is 232 g/mol. The summed E-state index contributed by atoms with van der Waals surface area (Å²) in [5.41, 5.74) is 1.72. The van der Waals surface area contributed by atoms with Crippen LogP contribution >= 0.6 is 0 Å². The zero-order valence-corrected chi connectivity index (χ0v) is 11.8. The number of allylic oxidation sites excluding steroid dienone is 5. The number of unbranched alkanes of at least 4 members (excludes halogenated alkanes) is 1. The molecule has 0 bridgehead atoms. The molecule has 0 saturated heterocycles. The van der Waals surface area contributed by atoms with Crippen LogP contribution in [0.5, 0.6) is 0 Å². The summed E-state index contributed by atoms with van der Waals surface area (Å²) in [6.07, 6.45) is 15.4. The van der Waals surface area contributed by atoms with Gasteiger partial charge in [-0.3, -0.25) is 0 Å². The van der Waals surface area contributed by atoms with Crippen LogP contribution in [-0.4, -0.2) is 0 Å². The van der Waals surface area contributed by atoms with Gasteiger partial charge in [-0.25, -0.2) is 0 Å². The van der Waals surface area contributed by atoms with Crippen molar-refractivity contribution in [2.75, 3.05) is 0 Å². The third-order valence-electron chi connectivity index (χ3n) is 4.04. The Hall–Kier alpha value is -0.780. The van der Waals surface area contributed by atoms with Gasteiger partial charge >= 0.3 is 0 Å². The molecule has 0 saturated carbocycles. The Morgan fingerprint density at radius 3 is 2.94 bits per heavy atom. The normalized spacial score (nSPS) is 26.2. The second-order valence-electron chi connectivity index (χ2n) is 5.50. The van der Waals surface area contributed by atoms with E-state index in [2.05, 4.69) is 45.6 Å². The molecule has 0 aromatic heterocycles. The van der Waals surface area contributed by atoms with Gasteiger partial charge in [-0.1, -0.05) is 63.6 Å². The van der Waals surface area contributed by atoms with Crippen LogP contribution in [0.2, 0.25) is 0 Å². The fraction of sp³-hybridized carbons (Fsp3) is 0.647. The van der Waals surface area contributed by atoms with Gasteiger partial charge in [-0.05, 0) is 43.4 Å². The predicted molar refractivity (Wildman–Crippen MR) is 78.0 cm³/mol. The van der Waals surface area contributed by atoms with E-state index in [4.69, 9.17) is 0 Å². The second kappa shape index (κ2) is 7.53. The van der Waals surface area contributed by atoms with Crippen LogP contribution in [0.3, 0.4) is 0 Å². The Morgan fingerprint density at radius 1 is 1.53 bits per heavy atom. The standard InChI is InChI=1S/C17H28/c1-5-7-9-14(3)13-17-12-11-16(15(17)4)10-8-6-2/h5,7,9,11,14-15,17H,1,6,8,10,12-13H2,2-4H3. The minimum absolute atomic E-state index is 0.680. The second-order valence-corrected chi connectivity index (χ2v) is 5.50. The van der Waals surface area contributed by atoms with Gasteiger partial charge in [-0.2, -0.15) is 0 Å². The van der Waals surface area contributed by atoms with Crippen LogP contribution in [0.4, 0.5) is 0 Å². The summed E-state index contributed by atoms with van der Waals surface area (Å²) in [6, 6.07) is 0. The van der Waals surface area contributed by atoms with Gasteiger partial charge in [0.2, 0.25) is 0 Å². The quantitative estimate of drug-likeness (QED) is 0.400. The minimum atomic E-state index is 0.680. The van der Waals surface area contributed by atoms with Gasteiger partial charge in [0.15, 0.2) is 0 Å². The van der Waals surface area contributed by atoms with E-state index < -0.39 is 0 Å². The molecule has 0 N–H and O–H groups in total. The number of hydrogen-bond donors (Lipinski definition) is 0. The van der Waals surface area contributed by atoms with Gasteiger partial charge in [-0.15, -0.1) is 0 Å². The average molecular weight is 232 g/mol. The Bertz CT molecular complexity index is 282. The third kappa shape index (κ3) is 4.53. The van der Waals surface area contributed by atoms with Crippen molar-refractivity contribution in [2.24, 2.45) is 17.8 Å². The first-order chi connectivity index (χ1) is 8.19. The van der Waals surface area contributed by atoms with Crippen molar-refractivity contribution in [3.63, 3.8) is 0 Å². The van der Waals surface area contributed by atoms with Crippen LogP contribution in [-0.2, 0) is 0 Å². The largest absolute Gasteiger partial charge is 0.0991 e. The minimum Gasteiger partial charge on any atom is -0.0991 e. The molecule has 0 radical (unpaired) electrons. The summed E-state index contributed by atoms with van der Waals surface area (Å²) in [7, 11) is 0. The van der Waals surface area contributed by atoms with E-state index in [0.29, 0.717) is 5.92 Å². The predicted octanol–water partition coefficient (Wildman–Crippen LogP) is 5.53. The lowest BCUT2D eigenvalue weighted by atomic mass is 9.84. The van der Waals surface area contributed by atoms with Gasteiger partial charge in [0.05, 0.1) is 0 Å². The molecular weight excluding hydrogens is 204 g/mol. The molecule has 96 valence electrons. The van der Waals surface area contributed by atoms with Gasteiger partial charge in [0.25, 0.3) is 0 Å². The van der Waals surface area contributed by atoms with E-state index in [0.717, 1.165) is 11.8 Å². The molecule has 0 fully saturated rings. The fourth-order valence-corrected chi connectivity index (χ4v) is 2.83. The Labute approximate surface area is 108 Å². The van der Waals surface area contributed by atoms with Crippen LogP contribution in [0.15, 0.2) is 36.5 Å². The highest BCUT2D eigenvalue weighted by molar-refractivity contribution is 5.14. The van der Waals surface area contributed by atoms with E-state index in [-0.39, 0.29) is 0 Å². The lowest BCUT2D eigenvalue weighted by molar-refractivity contribution is 0.366. The van der Waals surface area contributed by atoms with Crippen molar-refractivity contribution in [3.05, 3.63) is 36.5 Å². The van der Waals surface area contributed by atoms with Gasteiger partial charge in [0, 0.05) is 0 Å². The molecule has 0 amide bonds. The zero-order valence-electron chi connectivity index (χ0n) is 11.8. The highest BCUT2D eigenvalue weighted by Gasteiger charge is 2.25. The van der Waals surface area contributed by atoms with E-state index in [9.17, 15) is 0 Å². The maximum atomic E-state index is 3.73. The fourth-order valence-electron chi connectivity index (χ4n) is 2.83. The first-order valence-electron chi connectivity index (χ1n) is 7.17. The topological polar surface area (TPSA) is 0 Å². The van der Waals surface area contributed by atoms with Crippen LogP contribution in [0, 0.1) is 17.8 Å². The van der Waals surface area contributed by atoms with Crippen LogP contribution in [0.25, 0.3) is 0 Å². The number of rotatable bonds is 7. The summed E-state index contributed by atoms with van der Waals surface area (Å²) in [4.78, 5) is 0. The summed E-state index contributed by atoms with van der Waals surface area (Å²) >= 11 is 0. The molecule has 0 aromatic carbocycles. The van der Waals surface area contributed by atoms with E-state index in [1.165, 1.54) is 32.1 Å². The maximum Gasteiger partial charge on any atom is -0.0200 e. The summed E-state index contributed by atoms with van der Waals surface area (Å²) in [5, 5.41) is 0. The summed E-state index contributed by atoms with van der Waals surface area (Å²) in [5.74, 6) is 2.35. The van der Waals surface area contributed by atoms with E-state index in [1.807, 2.05) is 6.08 Å². The Morgan fingerprint density at radius 2 is 2.29 bits per heavy atom. The smallest absolute Gasteiger partial charge is 0.0200 e. The SMILES string of the molecule is C=CC=CC(C)CC1CC=C(CCCC)C1C. The molecule has 0 spiro atoms. The van der Waals surface area contributed by atoms with Crippen LogP contribution < -0.4 is 0 Å². The molecule has 1 rings (SSSR count). The molecule has 3 atom stereocenters.